The van der Waals surface area contributed by atoms with Gasteiger partial charge in [-0.2, -0.15) is 41.0 Å². The molecule has 0 saturated carbocycles. The number of pyridine rings is 1. The maximum absolute atomic E-state index is 11.7. The van der Waals surface area contributed by atoms with Crippen LogP contribution in [0.4, 0.5) is 44.4 Å². The van der Waals surface area contributed by atoms with Crippen LogP contribution in [-0.2, 0) is 30.4 Å². The normalized spacial score (nSPS) is 12.0. The molecule has 0 aliphatic carbocycles. The zero-order valence-corrected chi connectivity index (χ0v) is 35.7. The minimum atomic E-state index is -4.64. The fourth-order valence-corrected chi connectivity index (χ4v) is 8.52. The monoisotopic (exact) mass is 930 g/mol. The summed E-state index contributed by atoms with van der Waals surface area (Å²) in [6.07, 6.45) is 0. The molecule has 0 aliphatic rings. The first-order valence-corrected chi connectivity index (χ1v) is 23.1. The lowest BCUT2D eigenvalue weighted by atomic mass is 10.00. The Bertz CT molecular complexity index is 3580. The number of nitriles is 3. The van der Waals surface area contributed by atoms with Crippen molar-refractivity contribution >= 4 is 96.9 Å². The molecule has 64 heavy (non-hydrogen) atoms. The van der Waals surface area contributed by atoms with Crippen LogP contribution in [0.25, 0.3) is 21.9 Å². The molecule has 0 fully saturated rings. The van der Waals surface area contributed by atoms with Gasteiger partial charge in [0.25, 0.3) is 30.4 Å². The smallest absolute Gasteiger partial charge is 0.294 e. The molecular weight excluding hydrogens is 905 g/mol. The van der Waals surface area contributed by atoms with E-state index in [2.05, 4.69) is 48.2 Å². The summed E-state index contributed by atoms with van der Waals surface area (Å²) < 4.78 is 98.6. The molecular formula is C41H26N10O9S4. The molecule has 0 atom stereocenters. The second-order valence-electron chi connectivity index (χ2n) is 13.3. The molecule has 7 rings (SSSR count). The Kier molecular flexibility index (Phi) is 12.1. The first-order valence-electron chi connectivity index (χ1n) is 17.9. The van der Waals surface area contributed by atoms with Gasteiger partial charge in [-0.1, -0.05) is 47.7 Å². The maximum Gasteiger partial charge on any atom is 0.294 e. The molecule has 0 aliphatic heterocycles. The summed E-state index contributed by atoms with van der Waals surface area (Å²) >= 11 is 0.886. The molecule has 0 bridgehead atoms. The van der Waals surface area contributed by atoms with Crippen LogP contribution in [0.2, 0.25) is 0 Å². The van der Waals surface area contributed by atoms with Gasteiger partial charge in [0, 0.05) is 22.5 Å². The second-order valence-corrected chi connectivity index (χ2v) is 18.6. The summed E-state index contributed by atoms with van der Waals surface area (Å²) in [5.41, 5.74) is 1.22. The molecule has 0 saturated heterocycles. The van der Waals surface area contributed by atoms with Gasteiger partial charge >= 0.3 is 0 Å². The van der Waals surface area contributed by atoms with E-state index in [0.717, 1.165) is 58.5 Å². The highest BCUT2D eigenvalue weighted by atomic mass is 32.2. The van der Waals surface area contributed by atoms with Gasteiger partial charge < -0.3 is 10.6 Å². The van der Waals surface area contributed by atoms with Crippen molar-refractivity contribution in [2.24, 2.45) is 20.5 Å². The Labute approximate surface area is 368 Å². The SMILES string of the molecule is Cc1c(C#N)c(Nc2ccc(S(=O)(=O)O)cc2)nc(Nc2ccc(S(=O)(=O)O)cc2)c1/N=N/c1sc(/N=N/c2ccc(S(=O)(=O)O)cc2C#N)c(-c2ccc3ccccc3c2)c1C#N. The van der Waals surface area contributed by atoms with Crippen molar-refractivity contribution in [1.29, 1.82) is 15.8 Å². The third kappa shape index (κ3) is 9.48. The summed E-state index contributed by atoms with van der Waals surface area (Å²) in [6.45, 7) is 1.54. The minimum absolute atomic E-state index is 0.00765. The number of benzene rings is 5. The third-order valence-electron chi connectivity index (χ3n) is 9.25. The molecule has 0 amide bonds. The Morgan fingerprint density at radius 1 is 0.578 bits per heavy atom. The number of anilines is 4. The highest BCUT2D eigenvalue weighted by molar-refractivity contribution is 7.86. The fraction of sp³-hybridized carbons (Fsp3) is 0.0244. The van der Waals surface area contributed by atoms with E-state index in [0.29, 0.717) is 5.56 Å². The number of nitrogens with zero attached hydrogens (tertiary/aromatic N) is 8. The zero-order valence-electron chi connectivity index (χ0n) is 32.4. The van der Waals surface area contributed by atoms with E-state index in [1.807, 2.05) is 42.5 Å². The van der Waals surface area contributed by atoms with E-state index in [1.54, 1.807) is 6.07 Å². The highest BCUT2D eigenvalue weighted by Gasteiger charge is 2.24. The van der Waals surface area contributed by atoms with Crippen molar-refractivity contribution < 1.29 is 38.9 Å². The predicted octanol–water partition coefficient (Wildman–Crippen LogP) is 9.94. The topological polar surface area (TPSA) is 321 Å². The van der Waals surface area contributed by atoms with Crippen molar-refractivity contribution in [2.75, 3.05) is 10.6 Å². The number of azo groups is 2. The average Bonchev–Trinajstić information content (AvgIpc) is 3.61. The van der Waals surface area contributed by atoms with Gasteiger partial charge in [0.05, 0.1) is 25.8 Å². The van der Waals surface area contributed by atoms with Crippen LogP contribution in [0.15, 0.2) is 144 Å². The Morgan fingerprint density at radius 3 is 1.69 bits per heavy atom. The van der Waals surface area contributed by atoms with Gasteiger partial charge in [-0.15, -0.1) is 20.5 Å². The van der Waals surface area contributed by atoms with E-state index < -0.39 is 40.1 Å². The van der Waals surface area contributed by atoms with E-state index in [4.69, 9.17) is 0 Å². The van der Waals surface area contributed by atoms with Gasteiger partial charge in [-0.3, -0.25) is 13.7 Å². The van der Waals surface area contributed by atoms with E-state index in [-0.39, 0.29) is 77.1 Å². The summed E-state index contributed by atoms with van der Waals surface area (Å²) in [5, 5.41) is 56.1. The molecule has 318 valence electrons. The first kappa shape index (κ1) is 44.3. The third-order valence-corrected chi connectivity index (χ3v) is 12.8. The molecule has 23 heteroatoms. The quantitative estimate of drug-likeness (QED) is 0.0562. The summed E-state index contributed by atoms with van der Waals surface area (Å²) in [7, 11) is -13.7. The number of nitrogens with one attached hydrogen (secondary N) is 2. The molecule has 0 radical (unpaired) electrons. The summed E-state index contributed by atoms with van der Waals surface area (Å²) in [5.74, 6) is -0.0777. The van der Waals surface area contributed by atoms with Crippen molar-refractivity contribution in [2.45, 2.75) is 21.6 Å². The number of hydrogen-bond acceptors (Lipinski definition) is 17. The van der Waals surface area contributed by atoms with Gasteiger partial charge in [-0.05, 0) is 96.1 Å². The first-order chi connectivity index (χ1) is 30.4. The number of hydrogen-bond donors (Lipinski definition) is 5. The second kappa shape index (κ2) is 17.5. The van der Waals surface area contributed by atoms with Crippen LogP contribution in [0.3, 0.4) is 0 Å². The van der Waals surface area contributed by atoms with Crippen molar-refractivity contribution in [3.63, 3.8) is 0 Å². The Balaban J connectivity index is 1.38. The largest absolute Gasteiger partial charge is 0.339 e. The predicted molar refractivity (Wildman–Crippen MR) is 234 cm³/mol. The van der Waals surface area contributed by atoms with E-state index in [1.165, 1.54) is 37.3 Å². The minimum Gasteiger partial charge on any atom is -0.339 e. The van der Waals surface area contributed by atoms with Gasteiger partial charge in [0.1, 0.15) is 40.1 Å². The summed E-state index contributed by atoms with van der Waals surface area (Å²) in [6, 6.07) is 31.9. The standard InChI is InChI=1S/C41H26N10O9S4/c1-23-33(21-43)38(45-28-8-12-30(13-9-28)62(52,53)54)47-39(46-29-10-14-31(15-11-29)63(55,56)57)37(23)49-50-40-34(22-44)36(26-7-6-24-4-2-3-5-25(24)18-26)41(61-40)51-48-35-17-16-32(64(58,59)60)19-27(35)20-42/h2-19H,1H3,(H2,45,46,47)(H,52,53,54)(H,55,56,57)(H,58,59,60)/b50-49+,51-48+. The van der Waals surface area contributed by atoms with Crippen molar-refractivity contribution in [3.8, 4) is 29.3 Å². The lowest BCUT2D eigenvalue weighted by Crippen LogP contribution is -2.05. The van der Waals surface area contributed by atoms with Crippen LogP contribution in [0, 0.1) is 40.9 Å². The molecule has 5 aromatic carbocycles. The fourth-order valence-electron chi connectivity index (χ4n) is 6.14. The van der Waals surface area contributed by atoms with Crippen LogP contribution in [0.5, 0.6) is 0 Å². The van der Waals surface area contributed by atoms with Crippen LogP contribution >= 0.6 is 11.3 Å². The number of rotatable bonds is 12. The number of aromatic nitrogens is 1. The molecule has 2 heterocycles. The Morgan fingerprint density at radius 2 is 1.12 bits per heavy atom. The van der Waals surface area contributed by atoms with Crippen LogP contribution in [0.1, 0.15) is 22.3 Å². The average molecular weight is 931 g/mol. The lowest BCUT2D eigenvalue weighted by molar-refractivity contribution is 0.481. The maximum atomic E-state index is 11.7. The molecule has 19 nitrogen and oxygen atoms in total. The van der Waals surface area contributed by atoms with Gasteiger partial charge in [-0.25, -0.2) is 4.98 Å². The highest BCUT2D eigenvalue weighted by Crippen LogP contribution is 2.49. The van der Waals surface area contributed by atoms with E-state index in [9.17, 15) is 54.7 Å². The lowest BCUT2D eigenvalue weighted by Gasteiger charge is -2.16. The van der Waals surface area contributed by atoms with Crippen LogP contribution < -0.4 is 10.6 Å². The number of thiophene rings is 1. The molecule has 5 N–H and O–H groups in total. The number of fused-ring (bicyclic) bond motifs is 1. The molecule has 0 unspecified atom stereocenters. The van der Waals surface area contributed by atoms with Gasteiger partial charge in [0.15, 0.2) is 16.6 Å². The summed E-state index contributed by atoms with van der Waals surface area (Å²) in [4.78, 5) is 3.28. The van der Waals surface area contributed by atoms with E-state index >= 15 is 0 Å². The van der Waals surface area contributed by atoms with Crippen LogP contribution in [-0.4, -0.2) is 43.9 Å². The molecule has 2 aromatic heterocycles. The molecule has 7 aromatic rings. The van der Waals surface area contributed by atoms with Crippen molar-refractivity contribution in [3.05, 3.63) is 131 Å². The molecule has 0 spiro atoms. The van der Waals surface area contributed by atoms with Crippen molar-refractivity contribution in [1.82, 2.24) is 4.98 Å². The van der Waals surface area contributed by atoms with Gasteiger partial charge in [0.2, 0.25) is 0 Å². The Hall–Kier alpha value is -7.79. The zero-order chi connectivity index (χ0) is 46.0.